The molecule has 0 radical (unpaired) electrons. The van der Waals surface area contributed by atoms with Crippen LogP contribution >= 0.6 is 0 Å². The molecule has 1 aliphatic rings. The molecule has 0 aliphatic heterocycles. The summed E-state index contributed by atoms with van der Waals surface area (Å²) < 4.78 is 23.7. The fourth-order valence-corrected chi connectivity index (χ4v) is 2.83. The van der Waals surface area contributed by atoms with Crippen LogP contribution < -0.4 is 5.32 Å². The van der Waals surface area contributed by atoms with Crippen molar-refractivity contribution in [2.24, 2.45) is 5.41 Å². The van der Waals surface area contributed by atoms with Crippen molar-refractivity contribution in [3.8, 4) is 0 Å². The molecule has 2 aromatic rings. The lowest BCUT2D eigenvalue weighted by Crippen LogP contribution is -2.35. The zero-order valence-electron chi connectivity index (χ0n) is 14.4. The van der Waals surface area contributed by atoms with Gasteiger partial charge in [-0.2, -0.15) is 0 Å². The van der Waals surface area contributed by atoms with Gasteiger partial charge in [0, 0.05) is 21.1 Å². The van der Waals surface area contributed by atoms with E-state index in [0.717, 1.165) is 24.6 Å². The van der Waals surface area contributed by atoms with E-state index in [-0.39, 0.29) is 0 Å². The summed E-state index contributed by atoms with van der Waals surface area (Å²) in [4.78, 5) is 17.2. The number of aromatic nitrogens is 1. The van der Waals surface area contributed by atoms with Crippen LogP contribution in [0.4, 0.5) is 5.69 Å². The molecule has 3 heteroatoms. The highest BCUT2D eigenvalue weighted by atomic mass is 16.2. The van der Waals surface area contributed by atoms with Gasteiger partial charge in [-0.05, 0) is 25.0 Å². The van der Waals surface area contributed by atoms with Crippen LogP contribution in [0.5, 0.6) is 0 Å². The van der Waals surface area contributed by atoms with E-state index in [2.05, 4.69) is 10.3 Å². The van der Waals surface area contributed by atoms with Crippen LogP contribution in [0, 0.1) is 5.41 Å². The van der Waals surface area contributed by atoms with Crippen molar-refractivity contribution in [2.45, 2.75) is 39.0 Å². The molecule has 0 spiro atoms. The van der Waals surface area contributed by atoms with Crippen molar-refractivity contribution in [3.63, 3.8) is 0 Å². The second kappa shape index (κ2) is 5.23. The van der Waals surface area contributed by atoms with Crippen molar-refractivity contribution in [1.82, 2.24) is 4.98 Å². The number of anilines is 1. The molecule has 20 heavy (non-hydrogen) atoms. The summed E-state index contributed by atoms with van der Waals surface area (Å²) in [5.41, 5.74) is -0.0375. The second-order valence-electron chi connectivity index (χ2n) is 5.48. The number of para-hydroxylation sites is 1. The molecular formula is C17H20N2O. The van der Waals surface area contributed by atoms with Gasteiger partial charge in [-0.15, -0.1) is 0 Å². The number of carbonyl (C=O) groups excluding carboxylic acids is 1. The van der Waals surface area contributed by atoms with Gasteiger partial charge in [0.15, 0.2) is 0 Å². The van der Waals surface area contributed by atoms with Gasteiger partial charge < -0.3 is 5.32 Å². The molecular weight excluding hydrogens is 248 g/mol. The van der Waals surface area contributed by atoms with Crippen LogP contribution in [0.25, 0.3) is 10.9 Å². The number of nitrogens with one attached hydrogen (secondary N) is 1. The van der Waals surface area contributed by atoms with Gasteiger partial charge in [0.1, 0.15) is 0 Å². The van der Waals surface area contributed by atoms with E-state index < -0.39 is 18.2 Å². The summed E-state index contributed by atoms with van der Waals surface area (Å²) in [7, 11) is 0. The molecule has 1 aliphatic carbocycles. The minimum absolute atomic E-state index is 0.407. The van der Waals surface area contributed by atoms with Crippen molar-refractivity contribution in [1.29, 1.82) is 0 Å². The van der Waals surface area contributed by atoms with Crippen molar-refractivity contribution >= 4 is 22.5 Å². The van der Waals surface area contributed by atoms with Gasteiger partial charge in [-0.1, -0.05) is 44.3 Å². The molecule has 1 heterocycles. The lowest BCUT2D eigenvalue weighted by molar-refractivity contribution is -0.126. The Kier molecular flexibility index (Phi) is 2.60. The molecule has 1 N–H and O–H groups in total. The maximum absolute atomic E-state index is 12.9. The highest BCUT2D eigenvalue weighted by Gasteiger charge is 2.34. The Balaban J connectivity index is 1.95. The van der Waals surface area contributed by atoms with Crippen molar-refractivity contribution in [2.75, 3.05) is 5.32 Å². The third-order valence-electron chi connectivity index (χ3n) is 4.02. The summed E-state index contributed by atoms with van der Waals surface area (Å²) >= 11 is 0. The average Bonchev–Trinajstić information content (AvgIpc) is 2.55. The Bertz CT molecular complexity index is 716. The van der Waals surface area contributed by atoms with Gasteiger partial charge in [-0.25, -0.2) is 0 Å². The fraction of sp³-hybridized carbons (Fsp3) is 0.412. The Morgan fingerprint density at radius 2 is 2.05 bits per heavy atom. The predicted octanol–water partition coefficient (Wildman–Crippen LogP) is 4.14. The first kappa shape index (κ1) is 9.92. The number of amides is 1. The summed E-state index contributed by atoms with van der Waals surface area (Å²) in [6.45, 7) is -2.30. The number of rotatable bonds is 2. The molecule has 1 fully saturated rings. The van der Waals surface area contributed by atoms with E-state index >= 15 is 0 Å². The molecule has 0 atom stereocenters. The van der Waals surface area contributed by atoms with E-state index in [4.69, 9.17) is 4.11 Å². The number of pyridine rings is 1. The highest BCUT2D eigenvalue weighted by Crippen LogP contribution is 2.37. The fourth-order valence-electron chi connectivity index (χ4n) is 2.83. The zero-order chi connectivity index (χ0) is 16.5. The van der Waals surface area contributed by atoms with E-state index in [1.54, 1.807) is 12.3 Å². The van der Waals surface area contributed by atoms with Crippen molar-refractivity contribution in [3.05, 3.63) is 36.5 Å². The van der Waals surface area contributed by atoms with Crippen molar-refractivity contribution < 1.29 is 8.91 Å². The summed E-state index contributed by atoms with van der Waals surface area (Å²) in [5.74, 6) is -0.407. The standard InChI is InChI=1S/C17H20N2O/c1-17(10-3-2-4-11-17)16(20)19-14-9-5-7-13-8-6-12-18-15(13)14/h5-9,12H,2-4,10-11H2,1H3,(H,19,20)/i1D3. The predicted molar refractivity (Wildman–Crippen MR) is 81.6 cm³/mol. The summed E-state index contributed by atoms with van der Waals surface area (Å²) in [6.07, 6.45) is 5.03. The SMILES string of the molecule is [2H]C([2H])([2H])C1(C(=O)Nc2cccc3cccnc23)CCCCC1. The van der Waals surface area contributed by atoms with E-state index in [1.807, 2.05) is 24.3 Å². The maximum atomic E-state index is 12.9. The molecule has 3 nitrogen and oxygen atoms in total. The van der Waals surface area contributed by atoms with E-state index in [0.29, 0.717) is 24.0 Å². The maximum Gasteiger partial charge on any atom is 0.230 e. The van der Waals surface area contributed by atoms with Crippen LogP contribution in [0.2, 0.25) is 0 Å². The van der Waals surface area contributed by atoms with Gasteiger partial charge in [0.05, 0.1) is 11.2 Å². The first-order chi connectivity index (χ1) is 10.9. The molecule has 104 valence electrons. The number of carbonyl (C=O) groups is 1. The Hall–Kier alpha value is -1.90. The molecule has 1 saturated carbocycles. The molecule has 0 saturated heterocycles. The normalized spacial score (nSPS) is 20.7. The molecule has 0 bridgehead atoms. The van der Waals surface area contributed by atoms with Crippen LogP contribution in [0.1, 0.15) is 43.1 Å². The highest BCUT2D eigenvalue weighted by molar-refractivity contribution is 6.02. The van der Waals surface area contributed by atoms with Crippen LogP contribution in [-0.4, -0.2) is 10.9 Å². The number of benzene rings is 1. The first-order valence-electron chi connectivity index (χ1n) is 8.59. The van der Waals surface area contributed by atoms with Gasteiger partial charge in [-0.3, -0.25) is 9.78 Å². The Labute approximate surface area is 123 Å². The van der Waals surface area contributed by atoms with Gasteiger partial charge >= 0.3 is 0 Å². The smallest absolute Gasteiger partial charge is 0.230 e. The number of fused-ring (bicyclic) bond motifs is 1. The molecule has 1 aromatic carbocycles. The van der Waals surface area contributed by atoms with Gasteiger partial charge in [0.2, 0.25) is 5.91 Å². The topological polar surface area (TPSA) is 42.0 Å². The molecule has 3 rings (SSSR count). The van der Waals surface area contributed by atoms with E-state index in [1.165, 1.54) is 0 Å². The summed E-state index contributed by atoms with van der Waals surface area (Å²) in [5, 5.41) is 3.75. The lowest BCUT2D eigenvalue weighted by Gasteiger charge is -2.32. The minimum Gasteiger partial charge on any atom is -0.324 e. The third kappa shape index (κ3) is 2.40. The summed E-state index contributed by atoms with van der Waals surface area (Å²) in [6, 6.07) is 9.26. The molecule has 0 unspecified atom stereocenters. The van der Waals surface area contributed by atoms with Gasteiger partial charge in [0.25, 0.3) is 0 Å². The quantitative estimate of drug-likeness (QED) is 0.891. The van der Waals surface area contributed by atoms with Crippen LogP contribution in [0.3, 0.4) is 0 Å². The molecule has 1 amide bonds. The second-order valence-corrected chi connectivity index (χ2v) is 5.48. The Morgan fingerprint density at radius 1 is 1.25 bits per heavy atom. The number of hydrogen-bond donors (Lipinski definition) is 1. The first-order valence-corrected chi connectivity index (χ1v) is 7.09. The zero-order valence-corrected chi connectivity index (χ0v) is 11.4. The largest absolute Gasteiger partial charge is 0.324 e. The number of hydrogen-bond acceptors (Lipinski definition) is 2. The average molecular weight is 271 g/mol. The monoisotopic (exact) mass is 271 g/mol. The third-order valence-corrected chi connectivity index (χ3v) is 4.02. The van der Waals surface area contributed by atoms with Crippen LogP contribution in [-0.2, 0) is 4.79 Å². The lowest BCUT2D eigenvalue weighted by atomic mass is 9.75. The molecule has 1 aromatic heterocycles. The van der Waals surface area contributed by atoms with Crippen LogP contribution in [0.15, 0.2) is 36.5 Å². The number of nitrogens with zero attached hydrogens (tertiary/aromatic N) is 1. The van der Waals surface area contributed by atoms with E-state index in [9.17, 15) is 4.79 Å². The Morgan fingerprint density at radius 3 is 2.85 bits per heavy atom. The minimum atomic E-state index is -2.30.